The van der Waals surface area contributed by atoms with Crippen molar-refractivity contribution < 1.29 is 142 Å². The molecule has 30 atom stereocenters. The fraction of sp³-hybridized carbons (Fsp3) is 0.877. The van der Waals surface area contributed by atoms with Gasteiger partial charge in [0.15, 0.2) is 43.3 Å². The minimum absolute atomic E-state index is 0.00838. The van der Waals surface area contributed by atoms with Crippen LogP contribution in [0.2, 0.25) is 0 Å². The Morgan fingerprint density at radius 1 is 0.451 bits per heavy atom. The van der Waals surface area contributed by atoms with Gasteiger partial charge in [0.2, 0.25) is 17.7 Å². The van der Waals surface area contributed by atoms with Crippen LogP contribution in [0.3, 0.4) is 0 Å². The Labute approximate surface area is 595 Å². The number of hydrogen-bond acceptors (Lipinski definition) is 32. The van der Waals surface area contributed by atoms with Crippen LogP contribution >= 0.6 is 0 Å². The van der Waals surface area contributed by atoms with Crippen LogP contribution in [0.5, 0.6) is 0 Å². The van der Waals surface area contributed by atoms with Gasteiger partial charge in [-0.05, 0) is 20.3 Å². The molecule has 0 bridgehead atoms. The molecule has 7 rings (SSSR count). The number of methoxy groups -OCH3 is 16. The molecule has 0 saturated carbocycles. The molecule has 6 aliphatic heterocycles. The van der Waals surface area contributed by atoms with Gasteiger partial charge in [-0.1, -0.05) is 5.21 Å². The van der Waals surface area contributed by atoms with Crippen molar-refractivity contribution in [2.45, 2.75) is 224 Å². The number of rotatable bonds is 38. The topological polar surface area (TPSA) is 387 Å². The van der Waals surface area contributed by atoms with Gasteiger partial charge in [0, 0.05) is 134 Å². The fourth-order valence-corrected chi connectivity index (χ4v) is 14.2. The lowest BCUT2D eigenvalue weighted by Gasteiger charge is -2.51. The summed E-state index contributed by atoms with van der Waals surface area (Å²) in [7, 11) is 23.6. The summed E-state index contributed by atoms with van der Waals surface area (Å²) in [5, 5.41) is 19.7. The molecule has 6 saturated heterocycles. The lowest BCUT2D eigenvalue weighted by atomic mass is 9.94. The van der Waals surface area contributed by atoms with Gasteiger partial charge < -0.3 is 144 Å². The van der Waals surface area contributed by atoms with Crippen LogP contribution in [0.1, 0.15) is 56.6 Å². The summed E-state index contributed by atoms with van der Waals surface area (Å²) >= 11 is 0. The van der Waals surface area contributed by atoms with E-state index in [4.69, 9.17) is 130 Å². The van der Waals surface area contributed by atoms with E-state index < -0.39 is 202 Å². The van der Waals surface area contributed by atoms with E-state index in [1.807, 2.05) is 0 Å². The quantitative estimate of drug-likeness (QED) is 0.0403. The second-order valence-corrected chi connectivity index (χ2v) is 25.0. The molecule has 0 aromatic carbocycles. The summed E-state index contributed by atoms with van der Waals surface area (Å²) in [5.41, 5.74) is -0.151. The van der Waals surface area contributed by atoms with Crippen LogP contribution in [0.25, 0.3) is 0 Å². The van der Waals surface area contributed by atoms with Gasteiger partial charge in [-0.25, -0.2) is 4.68 Å². The third kappa shape index (κ3) is 20.0. The number of carbonyl (C=O) groups is 4. The molecular weight excluding hydrogens is 1360 g/mol. The van der Waals surface area contributed by atoms with Crippen molar-refractivity contribution in [1.82, 2.24) is 36.3 Å². The molecule has 0 aliphatic carbocycles. The van der Waals surface area contributed by atoms with Crippen molar-refractivity contribution in [3.05, 3.63) is 11.9 Å². The SMILES string of the molecule is C#CCCCC(=O)NC1OC(COC)[C@H](O[C@@H]2OC(COC)[C@H](O[C@@H]3OC(C)[C@H](n4cc(C(=O)NCC(=O)NC5OC(COC)[C@H](O[C@@H]6OC(COC)[C@H](O[C@@H]7OC(C)[C@H](NC(C)=O)[C@H](OC)C7OC)[C@H](OC)C6OC)[C@H](OC)C5OC)nn4)[C@H](OC)C3OC)[C@H](OC)C2OC)[C@H](OC)C1OC. The predicted molar refractivity (Wildman–Crippen MR) is 348 cm³/mol. The molecule has 6 fully saturated rings. The Morgan fingerprint density at radius 2 is 0.814 bits per heavy atom. The molecule has 37 heteroatoms. The second-order valence-electron chi connectivity index (χ2n) is 25.0. The molecule has 0 spiro atoms. The highest BCUT2D eigenvalue weighted by atomic mass is 16.8. The first kappa shape index (κ1) is 84.8. The van der Waals surface area contributed by atoms with Gasteiger partial charge in [-0.2, -0.15) is 0 Å². The first-order chi connectivity index (χ1) is 49.2. The zero-order chi connectivity index (χ0) is 74.5. The van der Waals surface area contributed by atoms with E-state index in [-0.39, 0.29) is 50.4 Å². The first-order valence-corrected chi connectivity index (χ1v) is 33.6. The number of unbranched alkanes of at least 4 members (excludes halogenated alkanes) is 1. The van der Waals surface area contributed by atoms with E-state index in [0.717, 1.165) is 0 Å². The lowest BCUT2D eigenvalue weighted by Crippen LogP contribution is -2.69. The molecule has 7 heterocycles. The molecule has 102 heavy (non-hydrogen) atoms. The van der Waals surface area contributed by atoms with E-state index in [0.29, 0.717) is 12.8 Å². The fourth-order valence-electron chi connectivity index (χ4n) is 14.2. The summed E-state index contributed by atoms with van der Waals surface area (Å²) in [5.74, 6) is 0.549. The van der Waals surface area contributed by atoms with Gasteiger partial charge in [0.25, 0.3) is 5.91 Å². The number of amides is 4. The second kappa shape index (κ2) is 41.6. The van der Waals surface area contributed by atoms with Crippen LogP contribution in [0, 0.1) is 12.3 Å². The van der Waals surface area contributed by atoms with Crippen molar-refractivity contribution in [2.24, 2.45) is 0 Å². The molecule has 0 radical (unpaired) electrons. The molecule has 6 aliphatic rings. The zero-order valence-electron chi connectivity index (χ0n) is 61.7. The van der Waals surface area contributed by atoms with Crippen molar-refractivity contribution in [3.63, 3.8) is 0 Å². The Morgan fingerprint density at radius 3 is 1.21 bits per heavy atom. The molecule has 584 valence electrons. The van der Waals surface area contributed by atoms with E-state index in [1.165, 1.54) is 132 Å². The summed E-state index contributed by atoms with van der Waals surface area (Å²) in [6.07, 6.45) is -18.2. The Bertz CT molecular complexity index is 2730. The van der Waals surface area contributed by atoms with Gasteiger partial charge in [0.1, 0.15) is 128 Å². The van der Waals surface area contributed by atoms with Crippen LogP contribution in [-0.2, 0) is 138 Å². The lowest BCUT2D eigenvalue weighted by molar-refractivity contribution is -0.376. The Balaban J connectivity index is 0.992. The Kier molecular flexibility index (Phi) is 34.6. The molecular formula is C65H109N7O30. The highest BCUT2D eigenvalue weighted by Crippen LogP contribution is 2.40. The normalized spacial score (nSPS) is 38.8. The maximum Gasteiger partial charge on any atom is 0.273 e. The van der Waals surface area contributed by atoms with Crippen LogP contribution in [-0.4, -0.2) is 363 Å². The summed E-state index contributed by atoms with van der Waals surface area (Å²) in [6.45, 7) is 4.33. The largest absolute Gasteiger partial charge is 0.382 e. The predicted octanol–water partition coefficient (Wildman–Crippen LogP) is -2.21. The maximum absolute atomic E-state index is 13.9. The number of carbonyl (C=O) groups excluding carboxylic acids is 4. The van der Waals surface area contributed by atoms with Crippen molar-refractivity contribution >= 4 is 23.6 Å². The summed E-state index contributed by atoms with van der Waals surface area (Å²) in [6, 6.07) is -1.33. The van der Waals surface area contributed by atoms with Crippen LogP contribution in [0.4, 0.5) is 0 Å². The zero-order valence-corrected chi connectivity index (χ0v) is 61.7. The molecule has 1 aromatic heterocycles. The molecule has 4 amide bonds. The highest BCUT2D eigenvalue weighted by molar-refractivity contribution is 5.94. The molecule has 14 unspecified atom stereocenters. The van der Waals surface area contributed by atoms with E-state index >= 15 is 0 Å². The Hall–Kier alpha value is -4.46. The minimum atomic E-state index is -1.20. The number of nitrogens with zero attached hydrogens (tertiary/aromatic N) is 3. The average molecular weight is 1470 g/mol. The highest BCUT2D eigenvalue weighted by Gasteiger charge is 2.59. The third-order valence-corrected chi connectivity index (χ3v) is 18.9. The monoisotopic (exact) mass is 1470 g/mol. The smallest absolute Gasteiger partial charge is 0.273 e. The number of nitrogens with one attached hydrogen (secondary N) is 4. The van der Waals surface area contributed by atoms with Gasteiger partial charge in [-0.3, -0.25) is 19.2 Å². The minimum Gasteiger partial charge on any atom is -0.382 e. The van der Waals surface area contributed by atoms with E-state index in [9.17, 15) is 19.2 Å². The number of terminal acetylenes is 1. The van der Waals surface area contributed by atoms with E-state index in [1.54, 1.807) is 13.8 Å². The van der Waals surface area contributed by atoms with Crippen molar-refractivity contribution in [3.8, 4) is 12.3 Å². The molecule has 1 aromatic rings. The number of ether oxygens (including phenoxy) is 26. The van der Waals surface area contributed by atoms with E-state index in [2.05, 4.69) is 37.5 Å². The first-order valence-electron chi connectivity index (χ1n) is 33.6. The summed E-state index contributed by atoms with van der Waals surface area (Å²) < 4.78 is 162. The summed E-state index contributed by atoms with van der Waals surface area (Å²) in [4.78, 5) is 52.9. The van der Waals surface area contributed by atoms with Gasteiger partial charge >= 0.3 is 0 Å². The molecule has 37 nitrogen and oxygen atoms in total. The van der Waals surface area contributed by atoms with Gasteiger partial charge in [0.05, 0.1) is 57.4 Å². The van der Waals surface area contributed by atoms with Crippen molar-refractivity contribution in [1.29, 1.82) is 0 Å². The number of hydrogen-bond donors (Lipinski definition) is 4. The maximum atomic E-state index is 13.9. The standard InChI is InChI=1S/C65H109N7O30/c1-21-22-23-24-39(74)68-60-53(87-15)49(83-11)43(35(95-60)27-77-5)101-65-58(92-20)52(86-14)46(38(98-65)30-80-8)100-63-56(90-18)48(82-10)42(32(3)94-63)72-26-34(70-71-72)59(76)66-25-40(75)69-61-54(88-16)50(84-12)44(36(96-61)28-78-6)102-64-57(91-19)51(85-13)45(37(97-64)29-79-7)99-62-55(89-17)47(81-9)41(31(2)93-62)67-33(4)73/h1,26,31-32,35-38,41-58,60-65H,22-25,27-30H2,2-20H3,(H,66,76)(H,67,73)(H,68,74)(H,69,75)/t31?,32?,35?,36?,37?,38?,41-,42-,43-,44-,45-,46-,47-,48-,49-,50-,51-,52-,53?,54?,55?,56?,57?,58?,60?,61?,62-,63-,64-,65-/m0/s1. The van der Waals surface area contributed by atoms with Crippen molar-refractivity contribution in [2.75, 3.05) is 147 Å². The van der Waals surface area contributed by atoms with Crippen LogP contribution in [0.15, 0.2) is 6.20 Å². The number of aromatic nitrogens is 3. The van der Waals surface area contributed by atoms with Crippen LogP contribution < -0.4 is 21.3 Å². The third-order valence-electron chi connectivity index (χ3n) is 18.9. The van der Waals surface area contributed by atoms with Gasteiger partial charge in [-0.15, -0.1) is 17.4 Å². The average Bonchev–Trinajstić information content (AvgIpc) is 0.824. The molecule has 4 N–H and O–H groups in total.